The molecule has 6 rings (SSSR count). The molecule has 2 N–H and O–H groups in total. The van der Waals surface area contributed by atoms with Crippen molar-refractivity contribution in [1.82, 2.24) is 24.0 Å². The molecule has 1 saturated heterocycles. The number of rotatable bonds is 7. The number of nitrogens with zero attached hydrogens (tertiary/aromatic N) is 5. The second-order valence-electron chi connectivity index (χ2n) is 10.4. The predicted octanol–water partition coefficient (Wildman–Crippen LogP) is 4.90. The van der Waals surface area contributed by atoms with E-state index in [4.69, 9.17) is 16.3 Å². The van der Waals surface area contributed by atoms with Gasteiger partial charge in [-0.25, -0.2) is 14.4 Å². The molecule has 5 aromatic rings. The zero-order valence-corrected chi connectivity index (χ0v) is 24.3. The molecule has 0 saturated carbocycles. The first kappa shape index (κ1) is 28.8. The summed E-state index contributed by atoms with van der Waals surface area (Å²) < 4.78 is 23.3. The van der Waals surface area contributed by atoms with Gasteiger partial charge in [0.15, 0.2) is 0 Å². The zero-order valence-electron chi connectivity index (χ0n) is 23.6. The molecule has 0 aliphatic carbocycles. The molecule has 1 aliphatic heterocycles. The number of aliphatic hydroxyl groups excluding tert-OH is 1. The molecule has 3 aromatic heterocycles. The average molecular weight is 601 g/mol. The second kappa shape index (κ2) is 12.5. The lowest BCUT2D eigenvalue weighted by molar-refractivity contribution is 0.151. The number of ether oxygens (including phenoxy) is 1. The molecule has 0 bridgehead atoms. The minimum Gasteiger partial charge on any atom is -0.395 e. The Morgan fingerprint density at radius 2 is 2.05 bits per heavy atom. The summed E-state index contributed by atoms with van der Waals surface area (Å²) in [7, 11) is 1.53. The summed E-state index contributed by atoms with van der Waals surface area (Å²) in [5, 5.41) is 13.8. The Morgan fingerprint density at radius 3 is 2.81 bits per heavy atom. The van der Waals surface area contributed by atoms with Crippen LogP contribution in [-0.2, 0) is 4.74 Å². The van der Waals surface area contributed by atoms with Crippen LogP contribution in [0.3, 0.4) is 0 Å². The van der Waals surface area contributed by atoms with Gasteiger partial charge in [0.25, 0.3) is 5.56 Å². The lowest BCUT2D eigenvalue weighted by Crippen LogP contribution is -2.36. The summed E-state index contributed by atoms with van der Waals surface area (Å²) in [6, 6.07) is 12.8. The number of aliphatic hydroxyl groups is 1. The fourth-order valence-electron chi connectivity index (χ4n) is 5.61. The first-order valence-corrected chi connectivity index (χ1v) is 14.4. The van der Waals surface area contributed by atoms with Crippen molar-refractivity contribution in [2.24, 2.45) is 0 Å². The quantitative estimate of drug-likeness (QED) is 0.257. The van der Waals surface area contributed by atoms with Crippen LogP contribution in [0.4, 0.5) is 16.0 Å². The van der Waals surface area contributed by atoms with Crippen molar-refractivity contribution in [1.29, 1.82) is 0 Å². The Balaban J connectivity index is 1.32. The summed E-state index contributed by atoms with van der Waals surface area (Å²) in [5.41, 5.74) is 2.08. The van der Waals surface area contributed by atoms with Gasteiger partial charge in [-0.1, -0.05) is 29.5 Å². The number of pyridine rings is 1. The molecule has 9 nitrogen and oxygen atoms in total. The number of β-amino-alcohol motifs (C(OH)–C–C–N with tert-alkyl or cyclic N) is 1. The fraction of sp³-hybridized carbons (Fsp3) is 0.281. The smallest absolute Gasteiger partial charge is 0.266 e. The van der Waals surface area contributed by atoms with Crippen LogP contribution in [0.5, 0.6) is 0 Å². The number of anilines is 2. The molecule has 0 radical (unpaired) electrons. The van der Waals surface area contributed by atoms with Crippen molar-refractivity contribution >= 4 is 45.0 Å². The maximum absolute atomic E-state index is 14.8. The number of hydrogen-bond donors (Lipinski definition) is 2. The predicted molar refractivity (Wildman–Crippen MR) is 166 cm³/mol. The molecular formula is C32H30ClFN6O3. The Hall–Kier alpha value is -4.27. The Bertz CT molecular complexity index is 1900. The van der Waals surface area contributed by atoms with Crippen LogP contribution in [-0.4, -0.2) is 69.1 Å². The first-order valence-electron chi connectivity index (χ1n) is 14.0. The minimum absolute atomic E-state index is 0.0657. The molecule has 2 aromatic carbocycles. The van der Waals surface area contributed by atoms with E-state index in [2.05, 4.69) is 54.9 Å². The van der Waals surface area contributed by atoms with Crippen LogP contribution in [0.15, 0.2) is 65.8 Å². The number of methoxy groups -OCH3 is 1. The van der Waals surface area contributed by atoms with E-state index in [-0.39, 0.29) is 29.3 Å². The minimum atomic E-state index is -0.639. The van der Waals surface area contributed by atoms with Crippen LogP contribution >= 0.6 is 11.6 Å². The van der Waals surface area contributed by atoms with Gasteiger partial charge in [-0.2, -0.15) is 0 Å². The van der Waals surface area contributed by atoms with Gasteiger partial charge in [0.1, 0.15) is 18.1 Å². The largest absolute Gasteiger partial charge is 0.395 e. The van der Waals surface area contributed by atoms with E-state index in [9.17, 15) is 14.3 Å². The van der Waals surface area contributed by atoms with Crippen molar-refractivity contribution in [3.05, 3.63) is 87.8 Å². The van der Waals surface area contributed by atoms with Gasteiger partial charge in [0.2, 0.25) is 5.95 Å². The van der Waals surface area contributed by atoms with E-state index in [1.807, 2.05) is 12.1 Å². The molecule has 1 fully saturated rings. The number of hydrogen-bond acceptors (Lipinski definition) is 7. The van der Waals surface area contributed by atoms with E-state index in [0.717, 1.165) is 53.6 Å². The van der Waals surface area contributed by atoms with Crippen molar-refractivity contribution in [3.8, 4) is 17.5 Å². The van der Waals surface area contributed by atoms with Gasteiger partial charge >= 0.3 is 0 Å². The molecule has 0 spiro atoms. The van der Waals surface area contributed by atoms with Crippen LogP contribution in [0, 0.1) is 17.7 Å². The van der Waals surface area contributed by atoms with Gasteiger partial charge < -0.3 is 24.6 Å². The number of fused-ring (bicyclic) bond motifs is 2. The number of aromatic nitrogens is 4. The lowest BCUT2D eigenvalue weighted by atomic mass is 10.0. The Morgan fingerprint density at radius 1 is 1.21 bits per heavy atom. The number of benzene rings is 2. The van der Waals surface area contributed by atoms with E-state index in [1.54, 1.807) is 0 Å². The molecule has 1 aliphatic rings. The Labute approximate surface area is 252 Å². The highest BCUT2D eigenvalue weighted by molar-refractivity contribution is 6.32. The van der Waals surface area contributed by atoms with E-state index >= 15 is 0 Å². The summed E-state index contributed by atoms with van der Waals surface area (Å²) in [6.45, 7) is 3.03. The lowest BCUT2D eigenvalue weighted by Gasteiger charge is -2.32. The normalized spacial score (nSPS) is 14.2. The number of nitrogens with one attached hydrogen (secondary N) is 1. The molecule has 43 heavy (non-hydrogen) atoms. The van der Waals surface area contributed by atoms with Gasteiger partial charge in [0, 0.05) is 68.0 Å². The van der Waals surface area contributed by atoms with E-state index < -0.39 is 11.4 Å². The highest BCUT2D eigenvalue weighted by Gasteiger charge is 2.21. The standard InChI is InChI=1S/C32H30ClFN6O3/c1-43-17-3-4-22-20-40(30-26(33)5-2-6-27(30)34)31(42)25-19-35-32(37-29(22)25)36-23-7-8-28-21(18-23)9-14-39(28)24-10-12-38(13-11-24)15-16-41/h2,5-9,14,18-20,24,41H,10-13,15-17H2,1H3,(H,35,36,37). The van der Waals surface area contributed by atoms with Crippen molar-refractivity contribution in [2.75, 3.05) is 45.3 Å². The van der Waals surface area contributed by atoms with E-state index in [0.29, 0.717) is 23.1 Å². The second-order valence-corrected chi connectivity index (χ2v) is 10.8. The van der Waals surface area contributed by atoms with Gasteiger partial charge in [-0.3, -0.25) is 9.36 Å². The van der Waals surface area contributed by atoms with Crippen LogP contribution in [0.1, 0.15) is 24.4 Å². The molecule has 220 valence electrons. The SMILES string of the molecule is COCC#Cc1cn(-c2c(F)cccc2Cl)c(=O)c2cnc(Nc3ccc4c(ccn4C4CCN(CCO)CC4)c3)nc12. The number of para-hydroxylation sites is 1. The third-order valence-corrected chi connectivity index (χ3v) is 8.02. The molecule has 0 unspecified atom stereocenters. The molecule has 0 atom stereocenters. The summed E-state index contributed by atoms with van der Waals surface area (Å²) in [5.74, 6) is 5.53. The number of halogens is 2. The third-order valence-electron chi connectivity index (χ3n) is 7.71. The monoisotopic (exact) mass is 600 g/mol. The molecular weight excluding hydrogens is 571 g/mol. The highest BCUT2D eigenvalue weighted by Crippen LogP contribution is 2.30. The van der Waals surface area contributed by atoms with Gasteiger partial charge in [-0.15, -0.1) is 0 Å². The van der Waals surface area contributed by atoms with Crippen LogP contribution < -0.4 is 10.9 Å². The maximum atomic E-state index is 14.8. The molecule has 0 amide bonds. The fourth-order valence-corrected chi connectivity index (χ4v) is 5.87. The van der Waals surface area contributed by atoms with Crippen molar-refractivity contribution in [3.63, 3.8) is 0 Å². The molecule has 11 heteroatoms. The van der Waals surface area contributed by atoms with Crippen LogP contribution in [0.25, 0.3) is 27.5 Å². The van der Waals surface area contributed by atoms with Crippen LogP contribution in [0.2, 0.25) is 5.02 Å². The summed E-state index contributed by atoms with van der Waals surface area (Å²) in [6.07, 6.45) is 7.06. The zero-order chi connectivity index (χ0) is 29.9. The van der Waals surface area contributed by atoms with E-state index in [1.165, 1.54) is 37.7 Å². The van der Waals surface area contributed by atoms with Crippen molar-refractivity contribution in [2.45, 2.75) is 18.9 Å². The Kier molecular flexibility index (Phi) is 8.40. The first-order chi connectivity index (χ1) is 21.0. The third kappa shape index (κ3) is 5.85. The van der Waals surface area contributed by atoms with Gasteiger partial charge in [-0.05, 0) is 49.2 Å². The summed E-state index contributed by atoms with van der Waals surface area (Å²) >= 11 is 6.28. The maximum Gasteiger partial charge on any atom is 0.266 e. The highest BCUT2D eigenvalue weighted by atomic mass is 35.5. The molecule has 4 heterocycles. The average Bonchev–Trinajstić information content (AvgIpc) is 3.43. The van der Waals surface area contributed by atoms with Crippen molar-refractivity contribution < 1.29 is 14.2 Å². The summed E-state index contributed by atoms with van der Waals surface area (Å²) in [4.78, 5) is 24.8. The van der Waals surface area contributed by atoms with Gasteiger partial charge in [0.05, 0.1) is 28.1 Å². The topological polar surface area (TPSA) is 97.4 Å². The number of piperidine rings is 1. The number of likely N-dealkylation sites (tertiary alicyclic amines) is 1.